The van der Waals surface area contributed by atoms with Gasteiger partial charge in [-0.15, -0.1) is 0 Å². The molecule has 1 aromatic heterocycles. The fourth-order valence-electron chi connectivity index (χ4n) is 2.41. The van der Waals surface area contributed by atoms with E-state index in [9.17, 15) is 10.1 Å². The lowest BCUT2D eigenvalue weighted by Crippen LogP contribution is -2.32. The molecule has 23 heavy (non-hydrogen) atoms. The largest absolute Gasteiger partial charge is 0.455 e. The van der Waals surface area contributed by atoms with Gasteiger partial charge in [0.15, 0.2) is 0 Å². The van der Waals surface area contributed by atoms with Crippen LogP contribution in [0.3, 0.4) is 0 Å². The summed E-state index contributed by atoms with van der Waals surface area (Å²) in [6, 6.07) is 8.40. The van der Waals surface area contributed by atoms with E-state index >= 15 is 0 Å². The van der Waals surface area contributed by atoms with Crippen molar-refractivity contribution < 1.29 is 14.1 Å². The molecule has 120 valence electrons. The van der Waals surface area contributed by atoms with Crippen molar-refractivity contribution in [2.45, 2.75) is 6.92 Å². The number of hydrazone groups is 1. The van der Waals surface area contributed by atoms with Crippen LogP contribution in [0.1, 0.15) is 11.3 Å². The van der Waals surface area contributed by atoms with Crippen LogP contribution in [0.25, 0.3) is 11.3 Å². The summed E-state index contributed by atoms with van der Waals surface area (Å²) in [5.41, 5.74) is 1.71. The molecule has 1 aromatic carbocycles. The summed E-state index contributed by atoms with van der Waals surface area (Å²) >= 11 is 0. The highest BCUT2D eigenvalue weighted by atomic mass is 16.6. The number of morpholine rings is 1. The molecule has 0 unspecified atom stereocenters. The summed E-state index contributed by atoms with van der Waals surface area (Å²) in [7, 11) is 0. The van der Waals surface area contributed by atoms with Gasteiger partial charge in [0, 0.05) is 17.7 Å². The molecule has 1 aliphatic heterocycles. The molecule has 0 amide bonds. The Kier molecular flexibility index (Phi) is 4.38. The fourth-order valence-corrected chi connectivity index (χ4v) is 2.41. The van der Waals surface area contributed by atoms with Gasteiger partial charge in [0.25, 0.3) is 5.69 Å². The summed E-state index contributed by atoms with van der Waals surface area (Å²) in [4.78, 5) is 10.4. The Balaban J connectivity index is 1.76. The van der Waals surface area contributed by atoms with Crippen LogP contribution in [0, 0.1) is 17.0 Å². The number of nitrogens with zero attached hydrogens (tertiary/aromatic N) is 3. The molecule has 1 saturated heterocycles. The summed E-state index contributed by atoms with van der Waals surface area (Å²) in [6.07, 6.45) is 1.68. The van der Waals surface area contributed by atoms with Crippen molar-refractivity contribution in [3.05, 3.63) is 51.8 Å². The molecule has 1 fully saturated rings. The second kappa shape index (κ2) is 6.62. The van der Waals surface area contributed by atoms with E-state index in [1.54, 1.807) is 18.3 Å². The van der Waals surface area contributed by atoms with E-state index in [-0.39, 0.29) is 5.69 Å². The smallest absolute Gasteiger partial charge is 0.269 e. The molecule has 1 aliphatic rings. The summed E-state index contributed by atoms with van der Waals surface area (Å²) < 4.78 is 11.0. The molecule has 2 aromatic rings. The van der Waals surface area contributed by atoms with Gasteiger partial charge in [-0.1, -0.05) is 0 Å². The molecule has 3 rings (SSSR count). The monoisotopic (exact) mass is 315 g/mol. The van der Waals surface area contributed by atoms with Crippen molar-refractivity contribution in [1.29, 1.82) is 0 Å². The predicted octanol–water partition coefficient (Wildman–Crippen LogP) is 2.83. The van der Waals surface area contributed by atoms with E-state index in [4.69, 9.17) is 9.15 Å². The maximum Gasteiger partial charge on any atom is 0.269 e. The topological polar surface area (TPSA) is 81.1 Å². The average molecular weight is 315 g/mol. The maximum atomic E-state index is 10.8. The van der Waals surface area contributed by atoms with E-state index in [1.807, 2.05) is 24.1 Å². The standard InChI is InChI=1S/C16H17N3O4/c1-12-10-13(19(20)21)2-4-15(12)16-5-3-14(23-16)11-17-18-6-8-22-9-7-18/h2-5,10-11H,6-9H2,1H3. The van der Waals surface area contributed by atoms with Crippen molar-refractivity contribution >= 4 is 11.9 Å². The Labute approximate surface area is 133 Å². The molecule has 0 aliphatic carbocycles. The molecule has 0 radical (unpaired) electrons. The van der Waals surface area contributed by atoms with Crippen LogP contribution in [0.4, 0.5) is 5.69 Å². The molecule has 0 bridgehead atoms. The first kappa shape index (κ1) is 15.2. The van der Waals surface area contributed by atoms with Gasteiger partial charge < -0.3 is 9.15 Å². The molecular formula is C16H17N3O4. The van der Waals surface area contributed by atoms with E-state index in [1.165, 1.54) is 6.07 Å². The highest BCUT2D eigenvalue weighted by Crippen LogP contribution is 2.28. The van der Waals surface area contributed by atoms with Crippen molar-refractivity contribution in [3.63, 3.8) is 0 Å². The third-order valence-electron chi connectivity index (χ3n) is 3.65. The Morgan fingerprint density at radius 1 is 1.26 bits per heavy atom. The number of benzene rings is 1. The highest BCUT2D eigenvalue weighted by molar-refractivity contribution is 5.77. The van der Waals surface area contributed by atoms with Crippen LogP contribution in [0.5, 0.6) is 0 Å². The lowest BCUT2D eigenvalue weighted by atomic mass is 10.1. The van der Waals surface area contributed by atoms with Crippen molar-refractivity contribution in [1.82, 2.24) is 5.01 Å². The van der Waals surface area contributed by atoms with E-state index < -0.39 is 4.92 Å². The Morgan fingerprint density at radius 3 is 2.74 bits per heavy atom. The van der Waals surface area contributed by atoms with Crippen LogP contribution >= 0.6 is 0 Å². The number of rotatable bonds is 4. The van der Waals surface area contributed by atoms with Gasteiger partial charge in [0.2, 0.25) is 0 Å². The van der Waals surface area contributed by atoms with Crippen LogP contribution in [-0.2, 0) is 4.74 Å². The van der Waals surface area contributed by atoms with E-state index in [0.717, 1.165) is 24.2 Å². The van der Waals surface area contributed by atoms with Crippen LogP contribution in [0.15, 0.2) is 39.9 Å². The molecule has 0 N–H and O–H groups in total. The zero-order chi connectivity index (χ0) is 16.2. The number of aryl methyl sites for hydroxylation is 1. The molecule has 0 atom stereocenters. The van der Waals surface area contributed by atoms with Crippen molar-refractivity contribution in [3.8, 4) is 11.3 Å². The summed E-state index contributed by atoms with van der Waals surface area (Å²) in [6.45, 7) is 4.73. The quantitative estimate of drug-likeness (QED) is 0.492. The van der Waals surface area contributed by atoms with Gasteiger partial charge in [0.05, 0.1) is 37.4 Å². The van der Waals surface area contributed by atoms with Crippen LogP contribution in [0.2, 0.25) is 0 Å². The number of nitro groups is 1. The first-order valence-electron chi connectivity index (χ1n) is 7.35. The van der Waals surface area contributed by atoms with Gasteiger partial charge in [-0.2, -0.15) is 5.10 Å². The second-order valence-corrected chi connectivity index (χ2v) is 5.27. The van der Waals surface area contributed by atoms with Gasteiger partial charge in [-0.25, -0.2) is 0 Å². The molecule has 2 heterocycles. The van der Waals surface area contributed by atoms with Crippen molar-refractivity contribution in [2.75, 3.05) is 26.3 Å². The summed E-state index contributed by atoms with van der Waals surface area (Å²) in [5.74, 6) is 1.31. The number of hydrogen-bond donors (Lipinski definition) is 0. The number of furan rings is 1. The zero-order valence-corrected chi connectivity index (χ0v) is 12.8. The fraction of sp³-hybridized carbons (Fsp3) is 0.312. The van der Waals surface area contributed by atoms with Crippen molar-refractivity contribution in [2.24, 2.45) is 5.10 Å². The maximum absolute atomic E-state index is 10.8. The third kappa shape index (κ3) is 3.57. The van der Waals surface area contributed by atoms with Crippen LogP contribution < -0.4 is 0 Å². The predicted molar refractivity (Wildman–Crippen MR) is 85.5 cm³/mol. The number of nitro benzene ring substituents is 1. The zero-order valence-electron chi connectivity index (χ0n) is 12.8. The molecule has 0 saturated carbocycles. The third-order valence-corrected chi connectivity index (χ3v) is 3.65. The molecule has 0 spiro atoms. The minimum Gasteiger partial charge on any atom is -0.455 e. The number of ether oxygens (including phenoxy) is 1. The Bertz CT molecular complexity index is 733. The number of non-ortho nitro benzene ring substituents is 1. The highest BCUT2D eigenvalue weighted by Gasteiger charge is 2.12. The minimum atomic E-state index is -0.403. The molecule has 7 heteroatoms. The Morgan fingerprint density at radius 2 is 2.04 bits per heavy atom. The normalized spacial score (nSPS) is 15.3. The lowest BCUT2D eigenvalue weighted by molar-refractivity contribution is -0.384. The first-order valence-corrected chi connectivity index (χ1v) is 7.35. The van der Waals surface area contributed by atoms with E-state index in [0.29, 0.717) is 24.7 Å². The Hall–Kier alpha value is -2.67. The second-order valence-electron chi connectivity index (χ2n) is 5.27. The van der Waals surface area contributed by atoms with Crippen LogP contribution in [-0.4, -0.2) is 42.5 Å². The van der Waals surface area contributed by atoms with Gasteiger partial charge >= 0.3 is 0 Å². The molecular weight excluding hydrogens is 298 g/mol. The van der Waals surface area contributed by atoms with Gasteiger partial charge in [-0.3, -0.25) is 15.1 Å². The van der Waals surface area contributed by atoms with E-state index in [2.05, 4.69) is 5.10 Å². The SMILES string of the molecule is Cc1cc([N+](=O)[O-])ccc1-c1ccc(C=NN2CCOCC2)o1. The summed E-state index contributed by atoms with van der Waals surface area (Å²) in [5, 5.41) is 17.1. The number of hydrogen-bond acceptors (Lipinski definition) is 6. The molecule has 7 nitrogen and oxygen atoms in total. The lowest BCUT2D eigenvalue weighted by Gasteiger charge is -2.23. The minimum absolute atomic E-state index is 0.0758. The van der Waals surface area contributed by atoms with Gasteiger partial charge in [-0.05, 0) is 30.7 Å². The average Bonchev–Trinajstić information content (AvgIpc) is 3.02. The first-order chi connectivity index (χ1) is 11.1. The van der Waals surface area contributed by atoms with Gasteiger partial charge in [0.1, 0.15) is 11.5 Å².